The number of aliphatic hydroxyl groups is 2. The molecule has 0 aliphatic heterocycles. The molecule has 0 saturated heterocycles. The Morgan fingerprint density at radius 1 is 0.326 bits per heavy atom. The lowest BCUT2D eigenvalue weighted by molar-refractivity contribution is 0.130. The fourth-order valence-corrected chi connectivity index (χ4v) is 11.3. The minimum Gasteiger partial charge on any atom is -0.374 e. The molecule has 9 rings (SSSR count). The Labute approximate surface area is 281 Å². The van der Waals surface area contributed by atoms with E-state index in [4.69, 9.17) is 0 Å². The van der Waals surface area contributed by atoms with Gasteiger partial charge in [0.25, 0.3) is 0 Å². The maximum absolute atomic E-state index is 12.9. The monoisotopic (exact) mass is 666 g/mol. The lowest BCUT2D eigenvalue weighted by Crippen LogP contribution is -2.29. The third kappa shape index (κ3) is 4.33. The lowest BCUT2D eigenvalue weighted by atomic mass is 9.85. The molecule has 5 aromatic carbocycles. The molecule has 0 aliphatic rings. The van der Waals surface area contributed by atoms with Gasteiger partial charge in [-0.25, -0.2) is 0 Å². The fourth-order valence-electron chi connectivity index (χ4n) is 6.41. The van der Waals surface area contributed by atoms with E-state index in [0.29, 0.717) is 0 Å². The van der Waals surface area contributed by atoms with Gasteiger partial charge in [-0.05, 0) is 81.2 Å². The Kier molecular flexibility index (Phi) is 6.54. The van der Waals surface area contributed by atoms with Gasteiger partial charge in [-0.15, -0.1) is 45.3 Å². The Balaban J connectivity index is 1.24. The summed E-state index contributed by atoms with van der Waals surface area (Å²) in [5.74, 6) is 0. The van der Waals surface area contributed by atoms with Crippen LogP contribution in [0, 0.1) is 0 Å². The van der Waals surface area contributed by atoms with E-state index in [9.17, 15) is 10.2 Å². The van der Waals surface area contributed by atoms with Crippen LogP contribution in [0.4, 0.5) is 0 Å². The average molecular weight is 667 g/mol. The Bertz CT molecular complexity index is 2070. The summed E-state index contributed by atoms with van der Waals surface area (Å²) in [7, 11) is 0. The van der Waals surface area contributed by atoms with Gasteiger partial charge in [-0.3, -0.25) is 0 Å². The number of fused-ring (bicyclic) bond motifs is 4. The van der Waals surface area contributed by atoms with Crippen molar-refractivity contribution in [3.05, 3.63) is 176 Å². The molecule has 0 bridgehead atoms. The highest BCUT2D eigenvalue weighted by molar-refractivity contribution is 7.21. The Hall–Kier alpha value is -4.14. The third-order valence-corrected chi connectivity index (χ3v) is 13.7. The molecule has 6 heteroatoms. The minimum atomic E-state index is -1.36. The molecule has 0 unspecified atom stereocenters. The van der Waals surface area contributed by atoms with Crippen molar-refractivity contribution in [3.8, 4) is 0 Å². The highest BCUT2D eigenvalue weighted by atomic mass is 32.1. The first kappa shape index (κ1) is 28.1. The molecule has 0 amide bonds. The Morgan fingerprint density at radius 2 is 0.565 bits per heavy atom. The van der Waals surface area contributed by atoms with Gasteiger partial charge >= 0.3 is 0 Å². The van der Waals surface area contributed by atoms with Crippen LogP contribution in [0.2, 0.25) is 0 Å². The van der Waals surface area contributed by atoms with E-state index >= 15 is 0 Å². The number of hydrogen-bond donors (Lipinski definition) is 2. The van der Waals surface area contributed by atoms with Crippen LogP contribution in [0.25, 0.3) is 40.3 Å². The molecule has 2 N–H and O–H groups in total. The van der Waals surface area contributed by atoms with Crippen molar-refractivity contribution >= 4 is 85.7 Å². The molecular weight excluding hydrogens is 641 g/mol. The van der Waals surface area contributed by atoms with Crippen molar-refractivity contribution in [3.63, 3.8) is 0 Å². The summed E-state index contributed by atoms with van der Waals surface area (Å²) in [4.78, 5) is 3.49. The molecule has 4 heterocycles. The van der Waals surface area contributed by atoms with Gasteiger partial charge in [0.15, 0.2) is 11.2 Å². The molecule has 46 heavy (non-hydrogen) atoms. The highest BCUT2D eigenvalue weighted by Crippen LogP contribution is 2.49. The van der Waals surface area contributed by atoms with Crippen molar-refractivity contribution in [2.24, 2.45) is 0 Å². The van der Waals surface area contributed by atoms with Gasteiger partial charge < -0.3 is 10.2 Å². The zero-order valence-electron chi connectivity index (χ0n) is 24.4. The second-order valence-electron chi connectivity index (χ2n) is 11.6. The maximum Gasteiger partial charge on any atom is 0.158 e. The summed E-state index contributed by atoms with van der Waals surface area (Å²) < 4.78 is 4.55. The van der Waals surface area contributed by atoms with Crippen molar-refractivity contribution < 1.29 is 10.2 Å². The summed E-state index contributed by atoms with van der Waals surface area (Å²) >= 11 is 6.49. The van der Waals surface area contributed by atoms with Gasteiger partial charge in [0.2, 0.25) is 0 Å². The fraction of sp³-hybridized carbons (Fsp3) is 0.0500. The van der Waals surface area contributed by atoms with Crippen LogP contribution in [0.3, 0.4) is 0 Å². The van der Waals surface area contributed by atoms with Crippen LogP contribution < -0.4 is 0 Å². The highest BCUT2D eigenvalue weighted by Gasteiger charge is 2.40. The number of rotatable bonds is 6. The van der Waals surface area contributed by atoms with Crippen molar-refractivity contribution in [1.29, 1.82) is 0 Å². The van der Waals surface area contributed by atoms with Gasteiger partial charge in [0, 0.05) is 38.3 Å². The van der Waals surface area contributed by atoms with E-state index in [1.54, 1.807) is 45.3 Å². The minimum absolute atomic E-state index is 0.768. The number of hydrogen-bond acceptors (Lipinski definition) is 6. The standard InChI is InChI=1S/C40H26O2S4/c41-39(35-21-25-9-1-5-13-31(25)43-35,36-22-26-10-2-6-14-32(26)44-36)29-17-19-30(20-18-29)40(42,37-23-27-11-3-7-15-33(27)45-37)38-24-28-12-4-8-16-34(28)46-38/h1-24,41-42H. The first-order valence-corrected chi connectivity index (χ1v) is 18.3. The zero-order valence-corrected chi connectivity index (χ0v) is 27.6. The summed E-state index contributed by atoms with van der Waals surface area (Å²) in [5.41, 5.74) is -1.19. The third-order valence-electron chi connectivity index (χ3n) is 8.85. The van der Waals surface area contributed by atoms with Gasteiger partial charge in [0.1, 0.15) is 0 Å². The predicted octanol–water partition coefficient (Wildman–Crippen LogP) is 11.1. The quantitative estimate of drug-likeness (QED) is 0.185. The van der Waals surface area contributed by atoms with E-state index < -0.39 is 11.2 Å². The summed E-state index contributed by atoms with van der Waals surface area (Å²) in [6.45, 7) is 0. The second kappa shape index (κ2) is 10.7. The van der Waals surface area contributed by atoms with Gasteiger partial charge in [-0.2, -0.15) is 0 Å². The molecule has 0 atom stereocenters. The predicted molar refractivity (Wildman–Crippen MR) is 198 cm³/mol. The topological polar surface area (TPSA) is 40.5 Å². The SMILES string of the molecule is OC(c1ccc(C(O)(c2cc3ccccc3s2)c2cc3ccccc3s2)cc1)(c1cc2ccccc2s1)c1cc2ccccc2s1. The van der Waals surface area contributed by atoms with Crippen LogP contribution >= 0.6 is 45.3 Å². The number of thiophene rings is 4. The average Bonchev–Trinajstić information content (AvgIpc) is 3.91. The summed E-state index contributed by atoms with van der Waals surface area (Å²) in [6.07, 6.45) is 0. The van der Waals surface area contributed by atoms with E-state index in [0.717, 1.165) is 71.0 Å². The van der Waals surface area contributed by atoms with Crippen LogP contribution in [0.5, 0.6) is 0 Å². The first-order valence-electron chi connectivity index (χ1n) is 15.0. The Morgan fingerprint density at radius 3 is 0.804 bits per heavy atom. The van der Waals surface area contributed by atoms with E-state index in [1.165, 1.54) is 0 Å². The van der Waals surface area contributed by atoms with E-state index in [2.05, 4.69) is 72.8 Å². The number of benzene rings is 5. The van der Waals surface area contributed by atoms with Crippen molar-refractivity contribution in [2.45, 2.75) is 11.2 Å². The summed E-state index contributed by atoms with van der Waals surface area (Å²) in [6, 6.07) is 49.6. The van der Waals surface area contributed by atoms with Crippen LogP contribution in [0.1, 0.15) is 30.6 Å². The van der Waals surface area contributed by atoms with Crippen LogP contribution in [-0.4, -0.2) is 10.2 Å². The molecule has 0 aliphatic carbocycles. The van der Waals surface area contributed by atoms with Gasteiger partial charge in [-0.1, -0.05) is 97.1 Å². The zero-order chi connectivity index (χ0) is 30.9. The van der Waals surface area contributed by atoms with Crippen molar-refractivity contribution in [1.82, 2.24) is 0 Å². The summed E-state index contributed by atoms with van der Waals surface area (Å²) in [5, 5.41) is 30.3. The molecule has 222 valence electrons. The molecular formula is C40H26O2S4. The van der Waals surface area contributed by atoms with Gasteiger partial charge in [0.05, 0.1) is 0 Å². The molecule has 9 aromatic rings. The normalized spacial score (nSPS) is 12.6. The first-order chi connectivity index (χ1) is 22.5. The molecule has 0 fully saturated rings. The van der Waals surface area contributed by atoms with E-state index in [-0.39, 0.29) is 0 Å². The molecule has 2 nitrogen and oxygen atoms in total. The molecule has 0 spiro atoms. The smallest absolute Gasteiger partial charge is 0.158 e. The lowest BCUT2D eigenvalue weighted by Gasteiger charge is -2.30. The molecule has 4 aromatic heterocycles. The largest absolute Gasteiger partial charge is 0.374 e. The maximum atomic E-state index is 12.9. The second-order valence-corrected chi connectivity index (χ2v) is 15.9. The van der Waals surface area contributed by atoms with Crippen molar-refractivity contribution in [2.75, 3.05) is 0 Å². The van der Waals surface area contributed by atoms with Crippen LogP contribution in [-0.2, 0) is 11.2 Å². The molecule has 0 saturated carbocycles. The van der Waals surface area contributed by atoms with E-state index in [1.807, 2.05) is 72.8 Å². The molecule has 0 radical (unpaired) electrons. The van der Waals surface area contributed by atoms with Crippen LogP contribution in [0.15, 0.2) is 146 Å².